The third-order valence-electron chi connectivity index (χ3n) is 3.01. The molecule has 5 nitrogen and oxygen atoms in total. The first-order chi connectivity index (χ1) is 8.90. The van der Waals surface area contributed by atoms with E-state index in [0.717, 1.165) is 10.0 Å². The van der Waals surface area contributed by atoms with Gasteiger partial charge in [-0.25, -0.2) is 13.1 Å². The first-order valence-electron chi connectivity index (χ1n) is 5.80. The molecule has 19 heavy (non-hydrogen) atoms. The Morgan fingerprint density at radius 3 is 2.84 bits per heavy atom. The Bertz CT molecular complexity index is 594. The second kappa shape index (κ2) is 5.60. The highest BCUT2D eigenvalue weighted by molar-refractivity contribution is 9.10. The quantitative estimate of drug-likeness (QED) is 0.901. The molecule has 0 radical (unpaired) electrons. The van der Waals surface area contributed by atoms with E-state index in [1.54, 1.807) is 25.1 Å². The van der Waals surface area contributed by atoms with E-state index < -0.39 is 21.2 Å². The lowest BCUT2D eigenvalue weighted by molar-refractivity contribution is 0.0980. The molecule has 1 saturated heterocycles. The maximum absolute atomic E-state index is 12.0. The Labute approximate surface area is 120 Å². The van der Waals surface area contributed by atoms with Gasteiger partial charge in [-0.15, -0.1) is 0 Å². The molecule has 1 atom stereocenters. The summed E-state index contributed by atoms with van der Waals surface area (Å²) in [4.78, 5) is 12.0. The Morgan fingerprint density at radius 2 is 2.21 bits per heavy atom. The summed E-state index contributed by atoms with van der Waals surface area (Å²) in [6.45, 7) is 2.31. The molecule has 0 aliphatic carbocycles. The summed E-state index contributed by atoms with van der Waals surface area (Å²) < 4.78 is 31.9. The number of hydrogen-bond donors (Lipinski definition) is 1. The third kappa shape index (κ3) is 3.34. The van der Waals surface area contributed by atoms with Crippen LogP contribution in [0.15, 0.2) is 22.7 Å². The SMILES string of the molecule is Cc1ccc(Br)cc1C(=O)NS(=O)(=O)C1CCOC1. The molecule has 0 bridgehead atoms. The van der Waals surface area contributed by atoms with Crippen LogP contribution < -0.4 is 4.72 Å². The monoisotopic (exact) mass is 347 g/mol. The number of benzene rings is 1. The fraction of sp³-hybridized carbons (Fsp3) is 0.417. The number of sulfonamides is 1. The van der Waals surface area contributed by atoms with Gasteiger partial charge in [-0.05, 0) is 31.0 Å². The number of nitrogens with one attached hydrogen (secondary N) is 1. The van der Waals surface area contributed by atoms with E-state index in [9.17, 15) is 13.2 Å². The number of aryl methyl sites for hydroxylation is 1. The molecule has 0 aromatic heterocycles. The minimum absolute atomic E-state index is 0.139. The van der Waals surface area contributed by atoms with Crippen LogP contribution in [0.5, 0.6) is 0 Å². The van der Waals surface area contributed by atoms with E-state index >= 15 is 0 Å². The molecular formula is C12H14BrNO4S. The molecule has 1 aliphatic rings. The first-order valence-corrected chi connectivity index (χ1v) is 8.14. The summed E-state index contributed by atoms with van der Waals surface area (Å²) in [7, 11) is -3.68. The highest BCUT2D eigenvalue weighted by Crippen LogP contribution is 2.17. The summed E-state index contributed by atoms with van der Waals surface area (Å²) in [5.74, 6) is -0.606. The predicted octanol–water partition coefficient (Wildman–Crippen LogP) is 1.61. The number of carbonyl (C=O) groups is 1. The van der Waals surface area contributed by atoms with E-state index in [1.807, 2.05) is 0 Å². The van der Waals surface area contributed by atoms with E-state index in [2.05, 4.69) is 20.7 Å². The van der Waals surface area contributed by atoms with Gasteiger partial charge in [-0.2, -0.15) is 0 Å². The van der Waals surface area contributed by atoms with Crippen LogP contribution in [0.3, 0.4) is 0 Å². The number of carbonyl (C=O) groups excluding carboxylic acids is 1. The smallest absolute Gasteiger partial charge is 0.265 e. The van der Waals surface area contributed by atoms with Crippen molar-refractivity contribution in [2.45, 2.75) is 18.6 Å². The zero-order chi connectivity index (χ0) is 14.0. The van der Waals surface area contributed by atoms with Gasteiger partial charge in [0, 0.05) is 16.6 Å². The topological polar surface area (TPSA) is 72.5 Å². The summed E-state index contributed by atoms with van der Waals surface area (Å²) in [5.41, 5.74) is 1.07. The number of halogens is 1. The van der Waals surface area contributed by atoms with Gasteiger partial charge in [-0.3, -0.25) is 4.79 Å². The molecule has 1 fully saturated rings. The minimum atomic E-state index is -3.68. The standard InChI is InChI=1S/C12H14BrNO4S/c1-8-2-3-9(13)6-11(8)12(15)14-19(16,17)10-4-5-18-7-10/h2-3,6,10H,4-5,7H2,1H3,(H,14,15). The molecule has 1 aromatic carbocycles. The van der Waals surface area contributed by atoms with Crippen molar-refractivity contribution in [2.75, 3.05) is 13.2 Å². The lowest BCUT2D eigenvalue weighted by Gasteiger charge is -2.12. The lowest BCUT2D eigenvalue weighted by Crippen LogP contribution is -2.38. The van der Waals surface area contributed by atoms with Crippen molar-refractivity contribution >= 4 is 31.9 Å². The Hall–Kier alpha value is -0.920. The van der Waals surface area contributed by atoms with Gasteiger partial charge < -0.3 is 4.74 Å². The molecule has 1 aromatic rings. The zero-order valence-electron chi connectivity index (χ0n) is 10.3. The molecular weight excluding hydrogens is 334 g/mol. The maximum Gasteiger partial charge on any atom is 0.265 e. The van der Waals surface area contributed by atoms with Gasteiger partial charge in [0.1, 0.15) is 5.25 Å². The lowest BCUT2D eigenvalue weighted by atomic mass is 10.1. The molecule has 1 N–H and O–H groups in total. The van der Waals surface area contributed by atoms with Crippen LogP contribution in [0, 0.1) is 6.92 Å². The van der Waals surface area contributed by atoms with Crippen molar-refractivity contribution < 1.29 is 17.9 Å². The molecule has 1 amide bonds. The van der Waals surface area contributed by atoms with Gasteiger partial charge in [0.05, 0.1) is 6.61 Å². The van der Waals surface area contributed by atoms with Crippen molar-refractivity contribution in [2.24, 2.45) is 0 Å². The van der Waals surface area contributed by atoms with E-state index in [1.165, 1.54) is 0 Å². The predicted molar refractivity (Wildman–Crippen MR) is 74.5 cm³/mol. The van der Waals surface area contributed by atoms with Crippen LogP contribution in [-0.4, -0.2) is 32.8 Å². The number of rotatable bonds is 3. The summed E-state index contributed by atoms with van der Waals surface area (Å²) in [6, 6.07) is 5.15. The Morgan fingerprint density at radius 1 is 1.47 bits per heavy atom. The van der Waals surface area contributed by atoms with Crippen LogP contribution in [0.4, 0.5) is 0 Å². The van der Waals surface area contributed by atoms with Crippen LogP contribution >= 0.6 is 15.9 Å². The Kier molecular flexibility index (Phi) is 4.27. The van der Waals surface area contributed by atoms with E-state index in [0.29, 0.717) is 18.6 Å². The molecule has 0 saturated carbocycles. The molecule has 7 heteroatoms. The van der Waals surface area contributed by atoms with Gasteiger partial charge >= 0.3 is 0 Å². The van der Waals surface area contributed by atoms with Crippen molar-refractivity contribution in [1.82, 2.24) is 4.72 Å². The average Bonchev–Trinajstić information content (AvgIpc) is 2.86. The van der Waals surface area contributed by atoms with E-state index in [-0.39, 0.29) is 6.61 Å². The zero-order valence-corrected chi connectivity index (χ0v) is 12.8. The largest absolute Gasteiger partial charge is 0.380 e. The van der Waals surface area contributed by atoms with Crippen molar-refractivity contribution in [3.63, 3.8) is 0 Å². The summed E-state index contributed by atoms with van der Waals surface area (Å²) in [6.07, 6.45) is 0.417. The van der Waals surface area contributed by atoms with Gasteiger partial charge in [0.25, 0.3) is 5.91 Å². The highest BCUT2D eigenvalue weighted by atomic mass is 79.9. The fourth-order valence-electron chi connectivity index (χ4n) is 1.86. The van der Waals surface area contributed by atoms with Crippen molar-refractivity contribution in [3.05, 3.63) is 33.8 Å². The molecule has 1 aliphatic heterocycles. The van der Waals surface area contributed by atoms with E-state index in [4.69, 9.17) is 4.74 Å². The van der Waals surface area contributed by atoms with Gasteiger partial charge in [-0.1, -0.05) is 22.0 Å². The molecule has 104 valence electrons. The molecule has 2 rings (SSSR count). The van der Waals surface area contributed by atoms with Gasteiger partial charge in [0.15, 0.2) is 0 Å². The molecule has 1 unspecified atom stereocenters. The number of ether oxygens (including phenoxy) is 1. The second-order valence-electron chi connectivity index (χ2n) is 4.42. The molecule has 0 spiro atoms. The molecule has 1 heterocycles. The minimum Gasteiger partial charge on any atom is -0.380 e. The van der Waals surface area contributed by atoms with Crippen LogP contribution in [-0.2, 0) is 14.8 Å². The average molecular weight is 348 g/mol. The van der Waals surface area contributed by atoms with Crippen molar-refractivity contribution in [3.8, 4) is 0 Å². The first kappa shape index (κ1) is 14.5. The highest BCUT2D eigenvalue weighted by Gasteiger charge is 2.31. The van der Waals surface area contributed by atoms with Crippen LogP contribution in [0.25, 0.3) is 0 Å². The third-order valence-corrected chi connectivity index (χ3v) is 5.22. The van der Waals surface area contributed by atoms with Crippen LogP contribution in [0.1, 0.15) is 22.3 Å². The number of amides is 1. The maximum atomic E-state index is 12.0. The Balaban J connectivity index is 2.19. The normalized spacial score (nSPS) is 19.4. The fourth-order valence-corrected chi connectivity index (χ4v) is 3.44. The van der Waals surface area contributed by atoms with Gasteiger partial charge in [0.2, 0.25) is 10.0 Å². The van der Waals surface area contributed by atoms with Crippen LogP contribution in [0.2, 0.25) is 0 Å². The number of hydrogen-bond acceptors (Lipinski definition) is 4. The summed E-state index contributed by atoms with van der Waals surface area (Å²) in [5, 5.41) is -0.649. The van der Waals surface area contributed by atoms with Crippen molar-refractivity contribution in [1.29, 1.82) is 0 Å². The summed E-state index contributed by atoms with van der Waals surface area (Å²) >= 11 is 3.26. The second-order valence-corrected chi connectivity index (χ2v) is 7.30.